The fourth-order valence-electron chi connectivity index (χ4n) is 3.84. The number of hydrogen-bond acceptors (Lipinski definition) is 2. The lowest BCUT2D eigenvalue weighted by molar-refractivity contribution is 0.00968. The van der Waals surface area contributed by atoms with Crippen molar-refractivity contribution < 1.29 is 4.74 Å². The smallest absolute Gasteiger partial charge is 0.0493 e. The topological polar surface area (TPSA) is 21.3 Å². The Hall–Kier alpha value is -0.0800. The zero-order chi connectivity index (χ0) is 15.2. The summed E-state index contributed by atoms with van der Waals surface area (Å²) in [6, 6.07) is 0. The van der Waals surface area contributed by atoms with E-state index in [1.54, 1.807) is 0 Å². The SMILES string of the molecule is CCCNCC1(C(C)COC)CCC(C(C)(C)C)CC1. The molecule has 1 aliphatic rings. The molecule has 2 heteroatoms. The van der Waals surface area contributed by atoms with Gasteiger partial charge in [-0.1, -0.05) is 34.6 Å². The average molecular weight is 284 g/mol. The van der Waals surface area contributed by atoms with Gasteiger partial charge in [0.2, 0.25) is 0 Å². The number of methoxy groups -OCH3 is 1. The Morgan fingerprint density at radius 3 is 2.30 bits per heavy atom. The van der Waals surface area contributed by atoms with Crippen molar-refractivity contribution in [3.63, 3.8) is 0 Å². The first kappa shape index (κ1) is 18.0. The van der Waals surface area contributed by atoms with E-state index < -0.39 is 0 Å². The summed E-state index contributed by atoms with van der Waals surface area (Å²) in [7, 11) is 1.84. The summed E-state index contributed by atoms with van der Waals surface area (Å²) in [6.45, 7) is 15.0. The molecule has 0 aromatic heterocycles. The molecule has 0 bridgehead atoms. The van der Waals surface area contributed by atoms with Crippen LogP contribution in [0, 0.1) is 22.7 Å². The molecule has 20 heavy (non-hydrogen) atoms. The molecule has 2 nitrogen and oxygen atoms in total. The van der Waals surface area contributed by atoms with Gasteiger partial charge in [0.05, 0.1) is 0 Å². The first-order valence-corrected chi connectivity index (χ1v) is 8.55. The van der Waals surface area contributed by atoms with Crippen LogP contribution in [0.2, 0.25) is 0 Å². The third-order valence-electron chi connectivity index (χ3n) is 5.57. The van der Waals surface area contributed by atoms with E-state index in [9.17, 15) is 0 Å². The zero-order valence-electron chi connectivity index (χ0n) is 14.7. The summed E-state index contributed by atoms with van der Waals surface area (Å²) < 4.78 is 5.45. The molecule has 0 aromatic carbocycles. The van der Waals surface area contributed by atoms with Crippen LogP contribution in [0.1, 0.15) is 66.7 Å². The molecule has 0 saturated heterocycles. The fourth-order valence-corrected chi connectivity index (χ4v) is 3.84. The molecule has 0 amide bonds. The van der Waals surface area contributed by atoms with Crippen LogP contribution in [-0.4, -0.2) is 26.8 Å². The van der Waals surface area contributed by atoms with Crippen LogP contribution in [0.15, 0.2) is 0 Å². The van der Waals surface area contributed by atoms with Crippen LogP contribution >= 0.6 is 0 Å². The van der Waals surface area contributed by atoms with E-state index in [1.807, 2.05) is 7.11 Å². The predicted molar refractivity (Wildman–Crippen MR) is 88.0 cm³/mol. The van der Waals surface area contributed by atoms with Crippen LogP contribution in [0.5, 0.6) is 0 Å². The van der Waals surface area contributed by atoms with Crippen molar-refractivity contribution in [2.24, 2.45) is 22.7 Å². The second kappa shape index (κ2) is 7.79. The highest BCUT2D eigenvalue weighted by Crippen LogP contribution is 2.48. The molecular formula is C18H37NO. The lowest BCUT2D eigenvalue weighted by Crippen LogP contribution is -2.45. The van der Waals surface area contributed by atoms with Gasteiger partial charge in [-0.15, -0.1) is 0 Å². The molecule has 0 heterocycles. The van der Waals surface area contributed by atoms with Gasteiger partial charge in [0.25, 0.3) is 0 Å². The van der Waals surface area contributed by atoms with Crippen LogP contribution in [0.3, 0.4) is 0 Å². The molecule has 1 atom stereocenters. The summed E-state index contributed by atoms with van der Waals surface area (Å²) in [5.74, 6) is 1.54. The first-order valence-electron chi connectivity index (χ1n) is 8.55. The van der Waals surface area contributed by atoms with Crippen LogP contribution in [0.25, 0.3) is 0 Å². The quantitative estimate of drug-likeness (QED) is 0.695. The summed E-state index contributed by atoms with van der Waals surface area (Å²) in [5.41, 5.74) is 0.917. The summed E-state index contributed by atoms with van der Waals surface area (Å²) in [5, 5.41) is 3.68. The Balaban J connectivity index is 2.66. The van der Waals surface area contributed by atoms with E-state index in [2.05, 4.69) is 39.9 Å². The highest BCUT2D eigenvalue weighted by atomic mass is 16.5. The maximum atomic E-state index is 5.45. The summed E-state index contributed by atoms with van der Waals surface area (Å²) >= 11 is 0. The molecular weight excluding hydrogens is 246 g/mol. The summed E-state index contributed by atoms with van der Waals surface area (Å²) in [4.78, 5) is 0. The van der Waals surface area contributed by atoms with E-state index in [0.29, 0.717) is 16.7 Å². The van der Waals surface area contributed by atoms with Gasteiger partial charge in [0.15, 0.2) is 0 Å². The third kappa shape index (κ3) is 4.73. The lowest BCUT2D eigenvalue weighted by Gasteiger charge is -2.47. The lowest BCUT2D eigenvalue weighted by atomic mass is 9.60. The van der Waals surface area contributed by atoms with Gasteiger partial charge in [-0.3, -0.25) is 0 Å². The number of ether oxygens (including phenoxy) is 1. The Labute approximate surface area is 127 Å². The maximum absolute atomic E-state index is 5.45. The largest absolute Gasteiger partial charge is 0.384 e. The molecule has 1 unspecified atom stereocenters. The molecule has 0 aromatic rings. The van der Waals surface area contributed by atoms with Crippen molar-refractivity contribution in [1.82, 2.24) is 5.32 Å². The van der Waals surface area contributed by atoms with Gasteiger partial charge < -0.3 is 10.1 Å². The van der Waals surface area contributed by atoms with Gasteiger partial charge in [-0.05, 0) is 61.3 Å². The van der Waals surface area contributed by atoms with Crippen molar-refractivity contribution in [2.75, 3.05) is 26.8 Å². The average Bonchev–Trinajstić information content (AvgIpc) is 2.39. The van der Waals surface area contributed by atoms with Crippen LogP contribution in [-0.2, 0) is 4.74 Å². The molecule has 1 saturated carbocycles. The molecule has 1 N–H and O–H groups in total. The normalized spacial score (nSPS) is 29.4. The Morgan fingerprint density at radius 2 is 1.85 bits per heavy atom. The van der Waals surface area contributed by atoms with Crippen molar-refractivity contribution in [3.8, 4) is 0 Å². The van der Waals surface area contributed by atoms with Crippen LogP contribution < -0.4 is 5.32 Å². The van der Waals surface area contributed by atoms with Gasteiger partial charge in [0.1, 0.15) is 0 Å². The van der Waals surface area contributed by atoms with Gasteiger partial charge >= 0.3 is 0 Å². The maximum Gasteiger partial charge on any atom is 0.0493 e. The molecule has 1 fully saturated rings. The summed E-state index contributed by atoms with van der Waals surface area (Å²) in [6.07, 6.45) is 6.70. The fraction of sp³-hybridized carbons (Fsp3) is 1.00. The van der Waals surface area contributed by atoms with Crippen molar-refractivity contribution in [3.05, 3.63) is 0 Å². The van der Waals surface area contributed by atoms with Crippen LogP contribution in [0.4, 0.5) is 0 Å². The molecule has 1 rings (SSSR count). The monoisotopic (exact) mass is 283 g/mol. The van der Waals surface area contributed by atoms with Gasteiger partial charge in [-0.2, -0.15) is 0 Å². The number of nitrogens with one attached hydrogen (secondary N) is 1. The second-order valence-electron chi connectivity index (χ2n) is 8.04. The minimum absolute atomic E-state index is 0.451. The Bertz CT molecular complexity index is 261. The van der Waals surface area contributed by atoms with E-state index in [0.717, 1.165) is 19.1 Å². The number of rotatable bonds is 7. The highest BCUT2D eigenvalue weighted by molar-refractivity contribution is 4.93. The van der Waals surface area contributed by atoms with E-state index in [4.69, 9.17) is 4.74 Å². The standard InChI is InChI=1S/C18H37NO/c1-7-12-19-14-18(15(2)13-20-6)10-8-16(9-11-18)17(3,4)5/h15-16,19H,7-14H2,1-6H3. The zero-order valence-corrected chi connectivity index (χ0v) is 14.7. The Morgan fingerprint density at radius 1 is 1.25 bits per heavy atom. The van der Waals surface area contributed by atoms with Gasteiger partial charge in [0, 0.05) is 20.3 Å². The molecule has 0 aliphatic heterocycles. The highest BCUT2D eigenvalue weighted by Gasteiger charge is 2.41. The van der Waals surface area contributed by atoms with Crippen molar-refractivity contribution >= 4 is 0 Å². The minimum Gasteiger partial charge on any atom is -0.384 e. The first-order chi connectivity index (χ1) is 9.35. The van der Waals surface area contributed by atoms with E-state index in [-0.39, 0.29) is 0 Å². The van der Waals surface area contributed by atoms with Crippen molar-refractivity contribution in [1.29, 1.82) is 0 Å². The molecule has 1 aliphatic carbocycles. The second-order valence-corrected chi connectivity index (χ2v) is 8.04. The Kier molecular flexibility index (Phi) is 7.00. The predicted octanol–water partition coefficient (Wildman–Crippen LogP) is 4.49. The van der Waals surface area contributed by atoms with E-state index >= 15 is 0 Å². The van der Waals surface area contributed by atoms with E-state index in [1.165, 1.54) is 38.6 Å². The van der Waals surface area contributed by atoms with Crippen molar-refractivity contribution in [2.45, 2.75) is 66.7 Å². The number of hydrogen-bond donors (Lipinski definition) is 1. The molecule has 0 radical (unpaired) electrons. The molecule has 120 valence electrons. The molecule has 0 spiro atoms. The minimum atomic E-state index is 0.451. The third-order valence-corrected chi connectivity index (χ3v) is 5.57. The van der Waals surface area contributed by atoms with Gasteiger partial charge in [-0.25, -0.2) is 0 Å².